The first-order valence-electron chi connectivity index (χ1n) is 9.12. The molecule has 0 atom stereocenters. The predicted molar refractivity (Wildman–Crippen MR) is 114 cm³/mol. The second-order valence-corrected chi connectivity index (χ2v) is 7.10. The molecule has 8 heteroatoms. The van der Waals surface area contributed by atoms with Crippen LogP contribution in [-0.4, -0.2) is 16.8 Å². The molecular weight excluding hydrogens is 406 g/mol. The van der Waals surface area contributed by atoms with Gasteiger partial charge in [-0.1, -0.05) is 23.7 Å². The zero-order valence-electron chi connectivity index (χ0n) is 16.4. The molecule has 3 rings (SSSR count). The lowest BCUT2D eigenvalue weighted by Gasteiger charge is -2.09. The standard InChI is InChI=1S/C22H20ClN3O4/c1-13-11-17(8-10-19(13)23)30-12-15-4-6-16(7-5-15)20(27)25-26-22(29)18-9-3-14(2)24-21(18)28/h3-11H,12H2,1-2H3,(H,24,28)(H,25,27)(H,26,29). The number of aromatic amines is 1. The molecule has 0 aliphatic rings. The average molecular weight is 426 g/mol. The molecule has 0 fully saturated rings. The number of benzene rings is 2. The zero-order chi connectivity index (χ0) is 21.7. The lowest BCUT2D eigenvalue weighted by Crippen LogP contribution is -2.43. The minimum Gasteiger partial charge on any atom is -0.489 e. The third-order valence-electron chi connectivity index (χ3n) is 4.34. The molecule has 2 aromatic carbocycles. The SMILES string of the molecule is Cc1ccc(C(=O)NNC(=O)c2ccc(COc3ccc(Cl)c(C)c3)cc2)c(=O)[nH]1. The van der Waals surface area contributed by atoms with Crippen molar-refractivity contribution in [2.75, 3.05) is 0 Å². The number of carbonyl (C=O) groups is 2. The van der Waals surface area contributed by atoms with Crippen molar-refractivity contribution in [1.29, 1.82) is 0 Å². The molecule has 0 bridgehead atoms. The van der Waals surface area contributed by atoms with Gasteiger partial charge >= 0.3 is 0 Å². The number of aryl methyl sites for hydroxylation is 2. The molecule has 0 aliphatic carbocycles. The van der Waals surface area contributed by atoms with Crippen LogP contribution >= 0.6 is 11.6 Å². The third-order valence-corrected chi connectivity index (χ3v) is 4.76. The molecule has 0 unspecified atom stereocenters. The van der Waals surface area contributed by atoms with Crippen LogP contribution in [0.15, 0.2) is 59.4 Å². The number of H-pyrrole nitrogens is 1. The van der Waals surface area contributed by atoms with Gasteiger partial charge in [0.1, 0.15) is 17.9 Å². The molecule has 3 N–H and O–H groups in total. The Balaban J connectivity index is 1.54. The molecule has 1 heterocycles. The number of halogens is 1. The van der Waals surface area contributed by atoms with Crippen LogP contribution in [0, 0.1) is 13.8 Å². The Morgan fingerprint density at radius 1 is 0.967 bits per heavy atom. The fourth-order valence-electron chi connectivity index (χ4n) is 2.63. The number of pyridine rings is 1. The van der Waals surface area contributed by atoms with Crippen LogP contribution in [0.1, 0.15) is 37.5 Å². The smallest absolute Gasteiger partial charge is 0.275 e. The lowest BCUT2D eigenvalue weighted by molar-refractivity contribution is 0.0845. The molecular formula is C22H20ClN3O4. The van der Waals surface area contributed by atoms with Crippen LogP contribution in [-0.2, 0) is 6.61 Å². The van der Waals surface area contributed by atoms with Crippen LogP contribution < -0.4 is 21.1 Å². The van der Waals surface area contributed by atoms with Crippen LogP contribution in [0.25, 0.3) is 0 Å². The number of hydrazine groups is 1. The highest BCUT2D eigenvalue weighted by molar-refractivity contribution is 6.31. The predicted octanol–water partition coefficient (Wildman–Crippen LogP) is 3.30. The fraction of sp³-hybridized carbons (Fsp3) is 0.136. The summed E-state index contributed by atoms with van der Waals surface area (Å²) in [5, 5.41) is 0.678. The number of hydrogen-bond acceptors (Lipinski definition) is 4. The number of carbonyl (C=O) groups excluding carboxylic acids is 2. The lowest BCUT2D eigenvalue weighted by atomic mass is 10.1. The summed E-state index contributed by atoms with van der Waals surface area (Å²) in [7, 11) is 0. The Kier molecular flexibility index (Phi) is 6.54. The first kappa shape index (κ1) is 21.1. The topological polar surface area (TPSA) is 100 Å². The van der Waals surface area contributed by atoms with E-state index in [1.54, 1.807) is 49.4 Å². The second-order valence-electron chi connectivity index (χ2n) is 6.69. The molecule has 7 nitrogen and oxygen atoms in total. The van der Waals surface area contributed by atoms with Gasteiger partial charge in [-0.25, -0.2) is 0 Å². The van der Waals surface area contributed by atoms with Crippen molar-refractivity contribution in [1.82, 2.24) is 15.8 Å². The van der Waals surface area contributed by atoms with E-state index in [9.17, 15) is 14.4 Å². The van der Waals surface area contributed by atoms with Gasteiger partial charge in [0, 0.05) is 16.3 Å². The van der Waals surface area contributed by atoms with E-state index in [0.717, 1.165) is 11.1 Å². The molecule has 154 valence electrons. The first-order valence-corrected chi connectivity index (χ1v) is 9.50. The summed E-state index contributed by atoms with van der Waals surface area (Å²) in [5.74, 6) is -0.506. The Morgan fingerprint density at radius 3 is 2.33 bits per heavy atom. The van der Waals surface area contributed by atoms with Crippen molar-refractivity contribution in [3.63, 3.8) is 0 Å². The van der Waals surface area contributed by atoms with E-state index < -0.39 is 17.4 Å². The normalized spacial score (nSPS) is 10.4. The van der Waals surface area contributed by atoms with Crippen molar-refractivity contribution in [3.05, 3.63) is 97.9 Å². The Morgan fingerprint density at radius 2 is 1.67 bits per heavy atom. The number of rotatable bonds is 5. The van der Waals surface area contributed by atoms with Crippen LogP contribution in [0.4, 0.5) is 0 Å². The van der Waals surface area contributed by atoms with Crippen molar-refractivity contribution in [3.8, 4) is 5.75 Å². The quantitative estimate of drug-likeness (QED) is 0.546. The largest absolute Gasteiger partial charge is 0.489 e. The average Bonchev–Trinajstić information content (AvgIpc) is 2.73. The van der Waals surface area contributed by atoms with Gasteiger partial charge < -0.3 is 9.72 Å². The molecule has 1 aromatic heterocycles. The van der Waals surface area contributed by atoms with Gasteiger partial charge in [-0.2, -0.15) is 0 Å². The van der Waals surface area contributed by atoms with E-state index in [1.165, 1.54) is 6.07 Å². The van der Waals surface area contributed by atoms with Crippen molar-refractivity contribution in [2.45, 2.75) is 20.5 Å². The zero-order valence-corrected chi connectivity index (χ0v) is 17.2. The molecule has 0 radical (unpaired) electrons. The maximum atomic E-state index is 12.2. The molecule has 0 saturated heterocycles. The van der Waals surface area contributed by atoms with Gasteiger partial charge in [0.05, 0.1) is 0 Å². The molecule has 0 aliphatic heterocycles. The number of nitrogens with one attached hydrogen (secondary N) is 3. The summed E-state index contributed by atoms with van der Waals surface area (Å²) in [5.41, 5.74) is 6.69. The van der Waals surface area contributed by atoms with E-state index in [1.807, 2.05) is 13.0 Å². The highest BCUT2D eigenvalue weighted by Crippen LogP contribution is 2.21. The Bertz CT molecular complexity index is 1140. The number of amides is 2. The van der Waals surface area contributed by atoms with Crippen molar-refractivity contribution >= 4 is 23.4 Å². The molecule has 0 spiro atoms. The number of ether oxygens (including phenoxy) is 1. The summed E-state index contributed by atoms with van der Waals surface area (Å²) >= 11 is 6.00. The summed E-state index contributed by atoms with van der Waals surface area (Å²) in [6.07, 6.45) is 0. The Hall–Kier alpha value is -3.58. The van der Waals surface area contributed by atoms with E-state index in [0.29, 0.717) is 28.6 Å². The van der Waals surface area contributed by atoms with E-state index in [2.05, 4.69) is 15.8 Å². The molecule has 3 aromatic rings. The van der Waals surface area contributed by atoms with E-state index in [-0.39, 0.29) is 5.56 Å². The Labute approximate surface area is 178 Å². The maximum absolute atomic E-state index is 12.2. The number of aromatic nitrogens is 1. The van der Waals surface area contributed by atoms with Crippen LogP contribution in [0.2, 0.25) is 5.02 Å². The highest BCUT2D eigenvalue weighted by Gasteiger charge is 2.12. The minimum atomic E-state index is -0.701. The molecule has 0 saturated carbocycles. The summed E-state index contributed by atoms with van der Waals surface area (Å²) < 4.78 is 5.73. The summed E-state index contributed by atoms with van der Waals surface area (Å²) in [4.78, 5) is 38.6. The maximum Gasteiger partial charge on any atom is 0.275 e. The fourth-order valence-corrected chi connectivity index (χ4v) is 2.75. The molecule has 30 heavy (non-hydrogen) atoms. The van der Waals surface area contributed by atoms with Crippen LogP contribution in [0.5, 0.6) is 5.75 Å². The van der Waals surface area contributed by atoms with Gasteiger partial charge in [-0.15, -0.1) is 0 Å². The molecule has 2 amide bonds. The van der Waals surface area contributed by atoms with Crippen molar-refractivity contribution in [2.24, 2.45) is 0 Å². The van der Waals surface area contributed by atoms with Gasteiger partial charge in [-0.05, 0) is 67.4 Å². The van der Waals surface area contributed by atoms with Gasteiger partial charge in [0.15, 0.2) is 0 Å². The van der Waals surface area contributed by atoms with Crippen LogP contribution in [0.3, 0.4) is 0 Å². The summed E-state index contributed by atoms with van der Waals surface area (Å²) in [6.45, 7) is 3.93. The number of hydrogen-bond donors (Lipinski definition) is 3. The third kappa shape index (κ3) is 5.27. The van der Waals surface area contributed by atoms with Gasteiger partial charge in [0.25, 0.3) is 17.4 Å². The highest BCUT2D eigenvalue weighted by atomic mass is 35.5. The minimum absolute atomic E-state index is 0.0918. The summed E-state index contributed by atoms with van der Waals surface area (Å²) in [6, 6.07) is 15.2. The van der Waals surface area contributed by atoms with E-state index >= 15 is 0 Å². The first-order chi connectivity index (χ1) is 14.3. The van der Waals surface area contributed by atoms with E-state index in [4.69, 9.17) is 16.3 Å². The second kappa shape index (κ2) is 9.28. The van der Waals surface area contributed by atoms with Gasteiger partial charge in [-0.3, -0.25) is 25.2 Å². The monoisotopic (exact) mass is 425 g/mol. The van der Waals surface area contributed by atoms with Gasteiger partial charge in [0.2, 0.25) is 0 Å². The van der Waals surface area contributed by atoms with Crippen molar-refractivity contribution < 1.29 is 14.3 Å².